The number of carbonyl (C=O) groups excluding carboxylic acids is 2. The molecule has 0 aliphatic carbocycles. The number of alkyl halides is 1. The van der Waals surface area contributed by atoms with Gasteiger partial charge in [-0.15, -0.1) is 0 Å². The molecule has 0 aromatic rings. The van der Waals surface area contributed by atoms with Gasteiger partial charge in [0.05, 0.1) is 0 Å². The van der Waals surface area contributed by atoms with Crippen LogP contribution in [0.15, 0.2) is 0 Å². The van der Waals surface area contributed by atoms with Crippen molar-refractivity contribution in [1.82, 2.24) is 4.90 Å². The fraction of sp³-hybridized carbons (Fsp3) is 0.667. The summed E-state index contributed by atoms with van der Waals surface area (Å²) in [5, 5.41) is 0. The molecule has 0 aromatic carbocycles. The second-order valence-electron chi connectivity index (χ2n) is 2.23. The molecule has 1 unspecified atom stereocenters. The Morgan fingerprint density at radius 1 is 1.40 bits per heavy atom. The molecule has 0 spiro atoms. The van der Waals surface area contributed by atoms with E-state index in [0.717, 1.165) is 0 Å². The third-order valence-electron chi connectivity index (χ3n) is 1.45. The van der Waals surface area contributed by atoms with Crippen LogP contribution in [0.2, 0.25) is 0 Å². The number of halogens is 1. The number of rotatable bonds is 1. The van der Waals surface area contributed by atoms with Crippen molar-refractivity contribution in [2.24, 2.45) is 0 Å². The minimum absolute atomic E-state index is 0.160. The summed E-state index contributed by atoms with van der Waals surface area (Å²) in [6.45, 7) is 1.18. The second-order valence-corrected chi connectivity index (χ2v) is 2.23. The molecule has 0 aromatic heterocycles. The molecule has 0 bridgehead atoms. The summed E-state index contributed by atoms with van der Waals surface area (Å²) in [6.07, 6.45) is -1.15. The monoisotopic (exact) mass is 145 g/mol. The highest BCUT2D eigenvalue weighted by Gasteiger charge is 2.32. The van der Waals surface area contributed by atoms with E-state index in [1.807, 2.05) is 0 Å². The van der Waals surface area contributed by atoms with Crippen LogP contribution in [0.3, 0.4) is 0 Å². The first kappa shape index (κ1) is 7.18. The van der Waals surface area contributed by atoms with Crippen LogP contribution in [0.5, 0.6) is 0 Å². The first-order valence-electron chi connectivity index (χ1n) is 3.12. The lowest BCUT2D eigenvalue weighted by atomic mass is 10.4. The van der Waals surface area contributed by atoms with Gasteiger partial charge in [0.25, 0.3) is 0 Å². The van der Waals surface area contributed by atoms with Crippen molar-refractivity contribution in [1.29, 1.82) is 0 Å². The van der Waals surface area contributed by atoms with Crippen molar-refractivity contribution < 1.29 is 14.0 Å². The fourth-order valence-corrected chi connectivity index (χ4v) is 0.991. The van der Waals surface area contributed by atoms with Crippen LogP contribution in [0.4, 0.5) is 4.39 Å². The highest BCUT2D eigenvalue weighted by Crippen LogP contribution is 2.15. The number of carbonyl (C=O) groups is 2. The lowest BCUT2D eigenvalue weighted by Gasteiger charge is -2.13. The summed E-state index contributed by atoms with van der Waals surface area (Å²) in [4.78, 5) is 22.0. The first-order chi connectivity index (χ1) is 4.63. The number of hydrogen-bond donors (Lipinski definition) is 0. The molecule has 2 amide bonds. The van der Waals surface area contributed by atoms with Crippen LogP contribution < -0.4 is 0 Å². The van der Waals surface area contributed by atoms with Gasteiger partial charge in [0.15, 0.2) is 6.30 Å². The molecular formula is C6H8FNO2. The molecule has 1 aliphatic rings. The molecule has 1 aliphatic heterocycles. The van der Waals surface area contributed by atoms with E-state index < -0.39 is 18.1 Å². The average molecular weight is 145 g/mol. The smallest absolute Gasteiger partial charge is 0.232 e. The van der Waals surface area contributed by atoms with Gasteiger partial charge in [-0.1, -0.05) is 0 Å². The van der Waals surface area contributed by atoms with Gasteiger partial charge in [-0.05, 0) is 6.92 Å². The SMILES string of the molecule is CC(F)N1C(=O)CCC1=O. The van der Waals surface area contributed by atoms with Gasteiger partial charge in [0.1, 0.15) is 0 Å². The minimum Gasteiger partial charge on any atom is -0.274 e. The van der Waals surface area contributed by atoms with Gasteiger partial charge in [0, 0.05) is 12.8 Å². The largest absolute Gasteiger partial charge is 0.274 e. The van der Waals surface area contributed by atoms with E-state index in [4.69, 9.17) is 0 Å². The summed E-state index contributed by atoms with van der Waals surface area (Å²) in [5.74, 6) is -0.806. The van der Waals surface area contributed by atoms with Gasteiger partial charge in [0.2, 0.25) is 11.8 Å². The average Bonchev–Trinajstić information content (AvgIpc) is 2.11. The van der Waals surface area contributed by atoms with Crippen molar-refractivity contribution in [3.8, 4) is 0 Å². The number of hydrogen-bond acceptors (Lipinski definition) is 2. The molecule has 0 radical (unpaired) electrons. The molecule has 1 heterocycles. The Kier molecular flexibility index (Phi) is 1.70. The topological polar surface area (TPSA) is 37.4 Å². The van der Waals surface area contributed by atoms with Crippen molar-refractivity contribution in [2.75, 3.05) is 0 Å². The van der Waals surface area contributed by atoms with Crippen LogP contribution in [-0.2, 0) is 9.59 Å². The Morgan fingerprint density at radius 2 is 1.80 bits per heavy atom. The zero-order chi connectivity index (χ0) is 7.72. The standard InChI is InChI=1S/C6H8FNO2/c1-4(7)8-5(9)2-3-6(8)10/h4H,2-3H2,1H3. The van der Waals surface area contributed by atoms with Crippen molar-refractivity contribution in [2.45, 2.75) is 26.1 Å². The molecule has 3 nitrogen and oxygen atoms in total. The van der Waals surface area contributed by atoms with Gasteiger partial charge in [-0.3, -0.25) is 14.5 Å². The lowest BCUT2D eigenvalue weighted by Crippen LogP contribution is -2.34. The van der Waals surface area contributed by atoms with E-state index in [-0.39, 0.29) is 12.8 Å². The molecule has 10 heavy (non-hydrogen) atoms. The maximum Gasteiger partial charge on any atom is 0.232 e. The van der Waals surface area contributed by atoms with Crippen molar-refractivity contribution in [3.63, 3.8) is 0 Å². The highest BCUT2D eigenvalue weighted by atomic mass is 19.1. The van der Waals surface area contributed by atoms with E-state index in [0.29, 0.717) is 4.90 Å². The zero-order valence-electron chi connectivity index (χ0n) is 5.63. The molecule has 56 valence electrons. The van der Waals surface area contributed by atoms with Crippen molar-refractivity contribution in [3.05, 3.63) is 0 Å². The van der Waals surface area contributed by atoms with E-state index >= 15 is 0 Å². The van der Waals surface area contributed by atoms with Gasteiger partial charge in [-0.25, -0.2) is 4.39 Å². The zero-order valence-corrected chi connectivity index (χ0v) is 5.63. The minimum atomic E-state index is -1.47. The molecule has 1 fully saturated rings. The third kappa shape index (κ3) is 1.01. The lowest BCUT2D eigenvalue weighted by molar-refractivity contribution is -0.144. The summed E-state index contributed by atoms with van der Waals surface area (Å²) >= 11 is 0. The Labute approximate surface area is 57.8 Å². The predicted molar refractivity (Wildman–Crippen MR) is 31.7 cm³/mol. The van der Waals surface area contributed by atoms with Gasteiger partial charge >= 0.3 is 0 Å². The maximum atomic E-state index is 12.4. The maximum absolute atomic E-state index is 12.4. The number of imide groups is 1. The second kappa shape index (κ2) is 2.36. The number of likely N-dealkylation sites (tertiary alicyclic amines) is 1. The molecule has 1 saturated heterocycles. The van der Waals surface area contributed by atoms with Crippen molar-refractivity contribution >= 4 is 11.8 Å². The molecular weight excluding hydrogens is 137 g/mol. The molecule has 0 N–H and O–H groups in total. The Balaban J connectivity index is 2.72. The van der Waals surface area contributed by atoms with Crippen LogP contribution >= 0.6 is 0 Å². The van der Waals surface area contributed by atoms with Crippen LogP contribution in [-0.4, -0.2) is 23.0 Å². The molecule has 4 heteroatoms. The Bertz CT molecular complexity index is 163. The highest BCUT2D eigenvalue weighted by molar-refractivity contribution is 6.02. The first-order valence-corrected chi connectivity index (χ1v) is 3.12. The summed E-state index contributed by atoms with van der Waals surface area (Å²) in [5.41, 5.74) is 0. The summed E-state index contributed by atoms with van der Waals surface area (Å²) < 4.78 is 12.4. The Morgan fingerprint density at radius 3 is 2.00 bits per heavy atom. The summed E-state index contributed by atoms with van der Waals surface area (Å²) in [7, 11) is 0. The van der Waals surface area contributed by atoms with Crippen LogP contribution in [0.25, 0.3) is 0 Å². The third-order valence-corrected chi connectivity index (χ3v) is 1.45. The van der Waals surface area contributed by atoms with E-state index in [1.165, 1.54) is 6.92 Å². The molecule has 0 saturated carbocycles. The predicted octanol–water partition coefficient (Wildman–Crippen LogP) is 0.451. The van der Waals surface area contributed by atoms with E-state index in [9.17, 15) is 14.0 Å². The van der Waals surface area contributed by atoms with E-state index in [1.54, 1.807) is 0 Å². The van der Waals surface area contributed by atoms with Gasteiger partial charge in [-0.2, -0.15) is 0 Å². The molecule has 1 rings (SSSR count). The van der Waals surface area contributed by atoms with Crippen LogP contribution in [0, 0.1) is 0 Å². The fourth-order valence-electron chi connectivity index (χ4n) is 0.991. The number of nitrogens with zero attached hydrogens (tertiary/aromatic N) is 1. The summed E-state index contributed by atoms with van der Waals surface area (Å²) in [6, 6.07) is 0. The quantitative estimate of drug-likeness (QED) is 0.397. The normalized spacial score (nSPS) is 22.0. The Hall–Kier alpha value is -0.930. The van der Waals surface area contributed by atoms with Crippen LogP contribution in [0.1, 0.15) is 19.8 Å². The molecule has 1 atom stereocenters. The van der Waals surface area contributed by atoms with E-state index in [2.05, 4.69) is 0 Å². The number of amides is 2. The van der Waals surface area contributed by atoms with Gasteiger partial charge < -0.3 is 0 Å².